The number of carbonyl (C=O) groups is 1. The van der Waals surface area contributed by atoms with E-state index >= 15 is 0 Å². The topological polar surface area (TPSA) is 94.7 Å². The van der Waals surface area contributed by atoms with E-state index in [-0.39, 0.29) is 18.1 Å². The van der Waals surface area contributed by atoms with Gasteiger partial charge in [0, 0.05) is 11.6 Å². The Morgan fingerprint density at radius 3 is 2.42 bits per heavy atom. The largest absolute Gasteiger partial charge is 0.497 e. The quantitative estimate of drug-likeness (QED) is 0.871. The van der Waals surface area contributed by atoms with E-state index in [1.807, 2.05) is 0 Å². The maximum atomic E-state index is 10.6. The first-order valence-corrected chi connectivity index (χ1v) is 5.40. The molecule has 0 bridgehead atoms. The lowest BCUT2D eigenvalue weighted by atomic mass is 10.2. The van der Waals surface area contributed by atoms with Gasteiger partial charge in [-0.2, -0.15) is 4.98 Å². The van der Waals surface area contributed by atoms with Gasteiger partial charge in [0.1, 0.15) is 17.9 Å². The average Bonchev–Trinajstić information content (AvgIpc) is 2.85. The third kappa shape index (κ3) is 3.01. The highest BCUT2D eigenvalue weighted by atomic mass is 16.5. The molecule has 19 heavy (non-hydrogen) atoms. The fraction of sp³-hybridized carbons (Fsp3) is 0.250. The molecule has 0 spiro atoms. The molecular formula is C12H12N2O5. The Bertz CT molecular complexity index is 571. The van der Waals surface area contributed by atoms with Crippen molar-refractivity contribution in [3.05, 3.63) is 24.0 Å². The van der Waals surface area contributed by atoms with Crippen molar-refractivity contribution in [3.63, 3.8) is 0 Å². The molecule has 2 aromatic rings. The molecule has 0 fully saturated rings. The second kappa shape index (κ2) is 5.38. The molecule has 0 radical (unpaired) electrons. The van der Waals surface area contributed by atoms with E-state index in [1.165, 1.54) is 14.2 Å². The molecule has 0 aliphatic heterocycles. The van der Waals surface area contributed by atoms with Gasteiger partial charge in [0.15, 0.2) is 5.82 Å². The summed E-state index contributed by atoms with van der Waals surface area (Å²) in [6, 6.07) is 5.10. The van der Waals surface area contributed by atoms with E-state index in [0.717, 1.165) is 0 Å². The molecule has 2 rings (SSSR count). The summed E-state index contributed by atoms with van der Waals surface area (Å²) in [5.74, 6) is 0.466. The summed E-state index contributed by atoms with van der Waals surface area (Å²) >= 11 is 0. The minimum absolute atomic E-state index is 0.115. The van der Waals surface area contributed by atoms with Gasteiger partial charge in [-0.3, -0.25) is 4.79 Å². The Labute approximate surface area is 108 Å². The highest BCUT2D eigenvalue weighted by Gasteiger charge is 2.13. The second-order valence-electron chi connectivity index (χ2n) is 3.69. The van der Waals surface area contributed by atoms with Crippen LogP contribution in [0.3, 0.4) is 0 Å². The van der Waals surface area contributed by atoms with Crippen LogP contribution in [-0.2, 0) is 11.2 Å². The molecule has 7 heteroatoms. The normalized spacial score (nSPS) is 10.2. The molecule has 0 amide bonds. The summed E-state index contributed by atoms with van der Waals surface area (Å²) in [4.78, 5) is 14.6. The number of aromatic nitrogens is 2. The van der Waals surface area contributed by atoms with Crippen molar-refractivity contribution in [3.8, 4) is 23.0 Å². The maximum Gasteiger partial charge on any atom is 0.311 e. The van der Waals surface area contributed by atoms with Gasteiger partial charge in [-0.25, -0.2) is 0 Å². The van der Waals surface area contributed by atoms with Crippen LogP contribution in [0.25, 0.3) is 11.5 Å². The molecule has 0 saturated heterocycles. The molecule has 100 valence electrons. The molecule has 0 aliphatic carbocycles. The second-order valence-corrected chi connectivity index (χ2v) is 3.69. The zero-order valence-electron chi connectivity index (χ0n) is 10.4. The van der Waals surface area contributed by atoms with Crippen LogP contribution in [0, 0.1) is 0 Å². The van der Waals surface area contributed by atoms with Crippen molar-refractivity contribution in [2.24, 2.45) is 0 Å². The Balaban J connectivity index is 2.35. The fourth-order valence-corrected chi connectivity index (χ4v) is 1.51. The number of hydrogen-bond donors (Lipinski definition) is 1. The van der Waals surface area contributed by atoms with E-state index < -0.39 is 5.97 Å². The van der Waals surface area contributed by atoms with Gasteiger partial charge in [-0.1, -0.05) is 5.16 Å². The Kier molecular flexibility index (Phi) is 3.65. The van der Waals surface area contributed by atoms with E-state index in [0.29, 0.717) is 17.1 Å². The van der Waals surface area contributed by atoms with E-state index in [1.54, 1.807) is 18.2 Å². The number of methoxy groups -OCH3 is 2. The minimum Gasteiger partial charge on any atom is -0.497 e. The first-order valence-electron chi connectivity index (χ1n) is 5.40. The van der Waals surface area contributed by atoms with Gasteiger partial charge < -0.3 is 19.1 Å². The van der Waals surface area contributed by atoms with Crippen molar-refractivity contribution in [1.82, 2.24) is 10.1 Å². The number of ether oxygens (including phenoxy) is 2. The molecule has 1 aromatic carbocycles. The van der Waals surface area contributed by atoms with Crippen LogP contribution in [0.1, 0.15) is 5.82 Å². The van der Waals surface area contributed by atoms with Crippen LogP contribution in [0.2, 0.25) is 0 Å². The van der Waals surface area contributed by atoms with Crippen molar-refractivity contribution in [1.29, 1.82) is 0 Å². The molecular weight excluding hydrogens is 252 g/mol. The Morgan fingerprint density at radius 2 is 1.89 bits per heavy atom. The number of carboxylic acids is 1. The molecule has 1 heterocycles. The maximum absolute atomic E-state index is 10.6. The van der Waals surface area contributed by atoms with Gasteiger partial charge in [0.05, 0.1) is 14.2 Å². The van der Waals surface area contributed by atoms with Crippen molar-refractivity contribution in [2.75, 3.05) is 14.2 Å². The van der Waals surface area contributed by atoms with Crippen LogP contribution < -0.4 is 9.47 Å². The van der Waals surface area contributed by atoms with Crippen molar-refractivity contribution >= 4 is 5.97 Å². The third-order valence-electron chi connectivity index (χ3n) is 2.38. The summed E-state index contributed by atoms with van der Waals surface area (Å²) in [6.45, 7) is 0. The molecule has 0 unspecified atom stereocenters. The highest BCUT2D eigenvalue weighted by molar-refractivity contribution is 5.69. The lowest BCUT2D eigenvalue weighted by Gasteiger charge is -2.05. The SMILES string of the molecule is COc1cc(OC)cc(-c2nc(CC(=O)O)no2)c1. The van der Waals surface area contributed by atoms with Crippen molar-refractivity contribution < 1.29 is 23.9 Å². The number of hydrogen-bond acceptors (Lipinski definition) is 6. The monoisotopic (exact) mass is 264 g/mol. The molecule has 7 nitrogen and oxygen atoms in total. The zero-order valence-corrected chi connectivity index (χ0v) is 10.4. The number of benzene rings is 1. The van der Waals surface area contributed by atoms with Crippen LogP contribution in [0.15, 0.2) is 22.7 Å². The van der Waals surface area contributed by atoms with E-state index in [9.17, 15) is 4.79 Å². The number of nitrogens with zero attached hydrogens (tertiary/aromatic N) is 2. The highest BCUT2D eigenvalue weighted by Crippen LogP contribution is 2.28. The number of aliphatic carboxylic acids is 1. The lowest BCUT2D eigenvalue weighted by Crippen LogP contribution is -2.01. The third-order valence-corrected chi connectivity index (χ3v) is 2.38. The summed E-state index contributed by atoms with van der Waals surface area (Å²) in [5, 5.41) is 12.2. The van der Waals surface area contributed by atoms with Gasteiger partial charge in [-0.05, 0) is 12.1 Å². The molecule has 1 aromatic heterocycles. The summed E-state index contributed by atoms with van der Waals surface area (Å²) < 4.78 is 15.3. The Morgan fingerprint density at radius 1 is 1.26 bits per heavy atom. The first kappa shape index (κ1) is 12.9. The van der Waals surface area contributed by atoms with Gasteiger partial charge in [0.2, 0.25) is 0 Å². The van der Waals surface area contributed by atoms with Gasteiger partial charge in [-0.15, -0.1) is 0 Å². The number of carboxylic acid groups (broad SMARTS) is 1. The van der Waals surface area contributed by atoms with Crippen LogP contribution in [0.4, 0.5) is 0 Å². The summed E-state index contributed by atoms with van der Waals surface area (Å²) in [7, 11) is 3.06. The summed E-state index contributed by atoms with van der Waals surface area (Å²) in [5.41, 5.74) is 0.598. The van der Waals surface area contributed by atoms with E-state index in [4.69, 9.17) is 19.1 Å². The van der Waals surface area contributed by atoms with Crippen LogP contribution in [0.5, 0.6) is 11.5 Å². The van der Waals surface area contributed by atoms with Crippen LogP contribution in [-0.4, -0.2) is 35.4 Å². The first-order chi connectivity index (χ1) is 9.12. The average molecular weight is 264 g/mol. The standard InChI is InChI=1S/C12H12N2O5/c1-17-8-3-7(4-9(5-8)18-2)12-13-10(14-19-12)6-11(15)16/h3-5H,6H2,1-2H3,(H,15,16). The predicted molar refractivity (Wildman–Crippen MR) is 64.2 cm³/mol. The predicted octanol–water partition coefficient (Wildman–Crippen LogP) is 1.38. The molecule has 0 atom stereocenters. The lowest BCUT2D eigenvalue weighted by molar-refractivity contribution is -0.136. The Hall–Kier alpha value is -2.57. The van der Waals surface area contributed by atoms with Crippen molar-refractivity contribution in [2.45, 2.75) is 6.42 Å². The summed E-state index contributed by atoms with van der Waals surface area (Å²) in [6.07, 6.45) is -0.287. The van der Waals surface area contributed by atoms with E-state index in [2.05, 4.69) is 10.1 Å². The molecule has 0 saturated carbocycles. The number of rotatable bonds is 5. The smallest absolute Gasteiger partial charge is 0.311 e. The van der Waals surface area contributed by atoms with Gasteiger partial charge >= 0.3 is 5.97 Å². The minimum atomic E-state index is -1.02. The molecule has 0 aliphatic rings. The fourth-order valence-electron chi connectivity index (χ4n) is 1.51. The van der Waals surface area contributed by atoms with Gasteiger partial charge in [0.25, 0.3) is 5.89 Å². The zero-order chi connectivity index (χ0) is 13.8. The molecule has 1 N–H and O–H groups in total. The van der Waals surface area contributed by atoms with Crippen LogP contribution >= 0.6 is 0 Å².